The summed E-state index contributed by atoms with van der Waals surface area (Å²) >= 11 is 0. The van der Waals surface area contributed by atoms with E-state index in [-0.39, 0.29) is 17.6 Å². The van der Waals surface area contributed by atoms with Crippen molar-refractivity contribution >= 4 is 30.5 Å². The number of fused-ring (bicyclic) bond motifs is 1. The zero-order chi connectivity index (χ0) is 26.0. The molecule has 2 aliphatic rings. The van der Waals surface area contributed by atoms with Crippen LogP contribution in [0.15, 0.2) is 54.9 Å². The fraction of sp³-hybridized carbons (Fsp3) is 0.391. The maximum absolute atomic E-state index is 14.8. The first-order chi connectivity index (χ1) is 17.8. The minimum absolute atomic E-state index is 0.126. The first kappa shape index (κ1) is 25.3. The summed E-state index contributed by atoms with van der Waals surface area (Å²) in [7, 11) is -3.84. The molecule has 3 aromatic rings. The zero-order valence-electron chi connectivity index (χ0n) is 19.9. The van der Waals surface area contributed by atoms with Crippen molar-refractivity contribution in [2.45, 2.75) is 50.8 Å². The van der Waals surface area contributed by atoms with Crippen molar-refractivity contribution in [1.82, 2.24) is 24.6 Å². The van der Waals surface area contributed by atoms with Crippen LogP contribution in [0.25, 0.3) is 11.2 Å². The Bertz CT molecular complexity index is 1350. The van der Waals surface area contributed by atoms with E-state index < -0.39 is 44.2 Å². The Hall–Kier alpha value is -3.38. The fourth-order valence-corrected chi connectivity index (χ4v) is 5.47. The molecule has 1 saturated carbocycles. The summed E-state index contributed by atoms with van der Waals surface area (Å²) in [6.07, 6.45) is 3.22. The molecule has 5 rings (SSSR count). The number of ether oxygens (including phenoxy) is 3. The number of esters is 1. The molecule has 196 valence electrons. The van der Waals surface area contributed by atoms with Crippen LogP contribution in [0.3, 0.4) is 0 Å². The first-order valence-electron chi connectivity index (χ1n) is 11.7. The van der Waals surface area contributed by atoms with Crippen LogP contribution in [0.2, 0.25) is 0 Å². The lowest BCUT2D eigenvalue weighted by molar-refractivity contribution is -0.154. The molecule has 1 aromatic carbocycles. The van der Waals surface area contributed by atoms with Crippen molar-refractivity contribution in [2.24, 2.45) is 0 Å². The van der Waals surface area contributed by atoms with Crippen molar-refractivity contribution in [1.29, 1.82) is 0 Å². The van der Waals surface area contributed by atoms with Crippen molar-refractivity contribution in [3.63, 3.8) is 0 Å². The Kier molecular flexibility index (Phi) is 7.20. The van der Waals surface area contributed by atoms with Gasteiger partial charge >= 0.3 is 13.5 Å². The number of benzene rings is 1. The van der Waals surface area contributed by atoms with Gasteiger partial charge in [-0.2, -0.15) is 0 Å². The molecule has 2 unspecified atom stereocenters. The molecular weight excluding hydrogens is 506 g/mol. The van der Waals surface area contributed by atoms with Crippen LogP contribution in [0.4, 0.5) is 10.2 Å². The maximum atomic E-state index is 14.8. The van der Waals surface area contributed by atoms with Gasteiger partial charge < -0.3 is 24.5 Å². The van der Waals surface area contributed by atoms with Crippen LogP contribution < -0.4 is 15.3 Å². The van der Waals surface area contributed by atoms with E-state index in [2.05, 4.69) is 20.0 Å². The topological polar surface area (TPSA) is 153 Å². The number of nitrogens with two attached hydrogens (primary N) is 1. The molecule has 14 heteroatoms. The number of carbonyl (C=O) groups excluding carboxylic acids is 1. The molecule has 4 atom stereocenters. The normalized spacial score (nSPS) is 22.2. The van der Waals surface area contributed by atoms with Crippen LogP contribution in [-0.4, -0.2) is 50.3 Å². The third-order valence-corrected chi connectivity index (χ3v) is 7.69. The molecule has 0 bridgehead atoms. The number of imidazole rings is 1. The predicted molar refractivity (Wildman–Crippen MR) is 130 cm³/mol. The van der Waals surface area contributed by atoms with Gasteiger partial charge in [-0.1, -0.05) is 18.2 Å². The number of anilines is 1. The van der Waals surface area contributed by atoms with Crippen molar-refractivity contribution in [3.8, 4) is 5.75 Å². The minimum Gasteiger partial charge on any atom is -0.461 e. The van der Waals surface area contributed by atoms with Gasteiger partial charge in [0.1, 0.15) is 29.7 Å². The van der Waals surface area contributed by atoms with E-state index in [1.165, 1.54) is 24.1 Å². The number of nitrogens with zero attached hydrogens (tertiary/aromatic N) is 4. The summed E-state index contributed by atoms with van der Waals surface area (Å²) in [6.45, 7) is 1.53. The standard InChI is InChI=1S/C23H26FN6O6P/c1-14(23(31)34-15-8-5-9-15)29-37(32,36-16-6-3-2-4-7-16)13-33-18-10-17(24)22(35-18)30-12-28-19-20(25)26-11-27-21(19)30/h2-4,6-7,10-12,14-15,18,22H,5,8-9,13H2,1H3,(H,29,32)(H2,25,26,27)/t14?,18-,22+,37?/m0/s1. The highest BCUT2D eigenvalue weighted by atomic mass is 31.2. The van der Waals surface area contributed by atoms with Gasteiger partial charge in [0.25, 0.3) is 0 Å². The molecule has 0 spiro atoms. The fourth-order valence-electron chi connectivity index (χ4n) is 3.79. The van der Waals surface area contributed by atoms with E-state index in [9.17, 15) is 13.8 Å². The molecule has 0 radical (unpaired) electrons. The number of carbonyl (C=O) groups is 1. The van der Waals surface area contributed by atoms with Crippen molar-refractivity contribution in [3.05, 3.63) is 54.9 Å². The summed E-state index contributed by atoms with van der Waals surface area (Å²) < 4.78 is 52.4. The first-order valence-corrected chi connectivity index (χ1v) is 13.5. The third kappa shape index (κ3) is 5.64. The molecule has 1 aliphatic heterocycles. The molecule has 37 heavy (non-hydrogen) atoms. The average molecular weight is 532 g/mol. The zero-order valence-corrected chi connectivity index (χ0v) is 20.8. The van der Waals surface area contributed by atoms with E-state index in [4.69, 9.17) is 24.5 Å². The van der Waals surface area contributed by atoms with Gasteiger partial charge in [-0.05, 0) is 38.3 Å². The Balaban J connectivity index is 1.27. The van der Waals surface area contributed by atoms with Crippen molar-refractivity contribution < 1.29 is 32.5 Å². The Morgan fingerprint density at radius 2 is 2.08 bits per heavy atom. The van der Waals surface area contributed by atoms with Gasteiger partial charge in [-0.15, -0.1) is 0 Å². The molecule has 3 N–H and O–H groups in total. The van der Waals surface area contributed by atoms with Crippen molar-refractivity contribution in [2.75, 3.05) is 12.1 Å². The summed E-state index contributed by atoms with van der Waals surface area (Å²) in [5.41, 5.74) is 6.38. The predicted octanol–water partition coefficient (Wildman–Crippen LogP) is 3.44. The largest absolute Gasteiger partial charge is 0.461 e. The van der Waals surface area contributed by atoms with Gasteiger partial charge in [0.05, 0.1) is 6.33 Å². The van der Waals surface area contributed by atoms with Crippen LogP contribution in [0.5, 0.6) is 5.75 Å². The highest BCUT2D eigenvalue weighted by Crippen LogP contribution is 2.45. The number of para-hydroxylation sites is 1. The van der Waals surface area contributed by atoms with Gasteiger partial charge in [-0.3, -0.25) is 13.9 Å². The number of hydrogen-bond donors (Lipinski definition) is 2. The van der Waals surface area contributed by atoms with Gasteiger partial charge in [0.2, 0.25) is 0 Å². The SMILES string of the molecule is CC(NP(=O)(CO[C@@H]1C=C(F)[C@H](n2cnc3c(N)ncnc32)O1)Oc1ccccc1)C(=O)OC1CCC1. The lowest BCUT2D eigenvalue weighted by Gasteiger charge is -2.28. The van der Waals surface area contributed by atoms with E-state index in [0.29, 0.717) is 11.3 Å². The monoisotopic (exact) mass is 532 g/mol. The number of rotatable bonds is 10. The van der Waals surface area contributed by atoms with E-state index in [0.717, 1.165) is 25.3 Å². The van der Waals surface area contributed by atoms with E-state index in [1.54, 1.807) is 30.3 Å². The Morgan fingerprint density at radius 3 is 2.81 bits per heavy atom. The second-order valence-electron chi connectivity index (χ2n) is 8.71. The summed E-state index contributed by atoms with van der Waals surface area (Å²) in [5, 5.41) is 2.72. The quantitative estimate of drug-likeness (QED) is 0.292. The number of halogens is 1. The maximum Gasteiger partial charge on any atom is 0.342 e. The average Bonchev–Trinajstić information content (AvgIpc) is 3.44. The second-order valence-corrected chi connectivity index (χ2v) is 10.8. The minimum atomic E-state index is -3.84. The van der Waals surface area contributed by atoms with E-state index >= 15 is 0 Å². The Morgan fingerprint density at radius 1 is 1.30 bits per heavy atom. The smallest absolute Gasteiger partial charge is 0.342 e. The number of nitrogen functional groups attached to an aromatic ring is 1. The molecule has 1 aliphatic carbocycles. The number of aromatic nitrogens is 4. The van der Waals surface area contributed by atoms with Crippen LogP contribution in [0, 0.1) is 0 Å². The number of nitrogens with one attached hydrogen (secondary N) is 1. The van der Waals surface area contributed by atoms with Gasteiger partial charge in [0, 0.05) is 6.08 Å². The van der Waals surface area contributed by atoms with Crippen LogP contribution in [-0.2, 0) is 23.6 Å². The van der Waals surface area contributed by atoms with Crippen LogP contribution >= 0.6 is 7.52 Å². The summed E-state index contributed by atoms with van der Waals surface area (Å²) in [5.74, 6) is -0.756. The lowest BCUT2D eigenvalue weighted by Crippen LogP contribution is -2.39. The number of hydrogen-bond acceptors (Lipinski definition) is 10. The molecule has 1 fully saturated rings. The second kappa shape index (κ2) is 10.5. The molecule has 2 aromatic heterocycles. The summed E-state index contributed by atoms with van der Waals surface area (Å²) in [4.78, 5) is 24.5. The molecule has 0 saturated heterocycles. The summed E-state index contributed by atoms with van der Waals surface area (Å²) in [6, 6.07) is 7.49. The van der Waals surface area contributed by atoms with E-state index in [1.807, 2.05) is 0 Å². The highest BCUT2D eigenvalue weighted by molar-refractivity contribution is 7.57. The lowest BCUT2D eigenvalue weighted by atomic mass is 9.96. The third-order valence-electron chi connectivity index (χ3n) is 5.92. The van der Waals surface area contributed by atoms with Crippen LogP contribution in [0.1, 0.15) is 32.4 Å². The van der Waals surface area contributed by atoms with Gasteiger partial charge in [0.15, 0.2) is 36.2 Å². The molecular formula is C23H26FN6O6P. The van der Waals surface area contributed by atoms with Gasteiger partial charge in [-0.25, -0.2) is 24.4 Å². The molecule has 12 nitrogen and oxygen atoms in total. The molecule has 0 amide bonds. The molecule has 3 heterocycles. The Labute approximate surface area is 211 Å². The highest BCUT2D eigenvalue weighted by Gasteiger charge is 2.36.